The van der Waals surface area contributed by atoms with E-state index >= 15 is 0 Å². The maximum absolute atomic E-state index is 10.3. The molecule has 0 fully saturated rings. The molecule has 0 aliphatic heterocycles. The molecule has 3 nitrogen and oxygen atoms in total. The number of hydrogen-bond donors (Lipinski definition) is 3. The highest BCUT2D eigenvalue weighted by atomic mass is 16.3. The summed E-state index contributed by atoms with van der Waals surface area (Å²) in [5.74, 6) is 0.581. The van der Waals surface area contributed by atoms with Crippen LogP contribution < -0.4 is 0 Å². The van der Waals surface area contributed by atoms with Crippen molar-refractivity contribution < 1.29 is 15.3 Å². The van der Waals surface area contributed by atoms with Gasteiger partial charge in [-0.25, -0.2) is 0 Å². The second-order valence-corrected chi connectivity index (χ2v) is 9.77. The SMILES string of the molecule is CC(C)(C)c1cc(C(C)(CCO)c2ccc(O)c(C(C)(C)C)c2)ccc1O. The van der Waals surface area contributed by atoms with Gasteiger partial charge >= 0.3 is 0 Å². The third-order valence-corrected chi connectivity index (χ3v) is 5.50. The predicted octanol–water partition coefficient (Wildman–Crippen LogP) is 5.38. The standard InChI is InChI=1S/C24H34O3/c1-22(2,3)18-14-16(8-10-20(18)26)24(7,12-13-25)17-9-11-21(27)19(15-17)23(4,5)6/h8-11,14-15,25-27H,12-13H2,1-7H3. The van der Waals surface area contributed by atoms with Gasteiger partial charge in [0.1, 0.15) is 11.5 Å². The number of phenols is 2. The van der Waals surface area contributed by atoms with E-state index in [0.717, 1.165) is 22.3 Å². The fraction of sp³-hybridized carbons (Fsp3) is 0.500. The average molecular weight is 371 g/mol. The summed E-state index contributed by atoms with van der Waals surface area (Å²) in [5, 5.41) is 30.5. The van der Waals surface area contributed by atoms with Crippen LogP contribution in [0.25, 0.3) is 0 Å². The molecular weight excluding hydrogens is 336 g/mol. The summed E-state index contributed by atoms with van der Waals surface area (Å²) in [5.41, 5.74) is 3.06. The Balaban J connectivity index is 2.70. The van der Waals surface area contributed by atoms with E-state index in [0.29, 0.717) is 17.9 Å². The van der Waals surface area contributed by atoms with Crippen molar-refractivity contribution in [1.82, 2.24) is 0 Å². The predicted molar refractivity (Wildman–Crippen MR) is 112 cm³/mol. The number of hydrogen-bond acceptors (Lipinski definition) is 3. The van der Waals surface area contributed by atoms with E-state index < -0.39 is 5.41 Å². The molecule has 0 spiro atoms. The first kappa shape index (κ1) is 21.3. The fourth-order valence-corrected chi connectivity index (χ4v) is 3.64. The number of phenolic OH excluding ortho intramolecular Hbond substituents is 2. The Hall–Kier alpha value is -2.00. The Morgan fingerprint density at radius 3 is 1.33 bits per heavy atom. The molecule has 0 heterocycles. The minimum absolute atomic E-state index is 0.0496. The van der Waals surface area contributed by atoms with Gasteiger partial charge in [-0.05, 0) is 51.6 Å². The van der Waals surface area contributed by atoms with Gasteiger partial charge in [0.25, 0.3) is 0 Å². The minimum Gasteiger partial charge on any atom is -0.508 e. The van der Waals surface area contributed by atoms with Gasteiger partial charge in [-0.1, -0.05) is 72.7 Å². The van der Waals surface area contributed by atoms with Crippen molar-refractivity contribution >= 4 is 0 Å². The Bertz CT molecular complexity index is 744. The molecular formula is C24H34O3. The van der Waals surface area contributed by atoms with Gasteiger partial charge in [0, 0.05) is 12.0 Å². The van der Waals surface area contributed by atoms with E-state index in [2.05, 4.69) is 60.6 Å². The third-order valence-electron chi connectivity index (χ3n) is 5.50. The zero-order chi connectivity index (χ0) is 20.6. The van der Waals surface area contributed by atoms with Gasteiger partial charge in [-0.15, -0.1) is 0 Å². The summed E-state index contributed by atoms with van der Waals surface area (Å²) in [7, 11) is 0. The molecule has 0 aliphatic carbocycles. The molecule has 0 amide bonds. The highest BCUT2D eigenvalue weighted by Gasteiger charge is 2.32. The zero-order valence-corrected chi connectivity index (χ0v) is 17.7. The largest absolute Gasteiger partial charge is 0.508 e. The number of aliphatic hydroxyl groups is 1. The lowest BCUT2D eigenvalue weighted by atomic mass is 9.71. The molecule has 2 aromatic rings. The summed E-state index contributed by atoms with van der Waals surface area (Å²) in [6.45, 7) is 14.6. The number of aromatic hydroxyl groups is 2. The highest BCUT2D eigenvalue weighted by Crippen LogP contribution is 2.42. The van der Waals surface area contributed by atoms with Crippen molar-refractivity contribution in [3.8, 4) is 11.5 Å². The van der Waals surface area contributed by atoms with Crippen LogP contribution in [0.5, 0.6) is 11.5 Å². The van der Waals surface area contributed by atoms with Crippen LogP contribution in [0.3, 0.4) is 0 Å². The Morgan fingerprint density at radius 2 is 1.04 bits per heavy atom. The lowest BCUT2D eigenvalue weighted by molar-refractivity contribution is 0.259. The Morgan fingerprint density at radius 1 is 0.667 bits per heavy atom. The monoisotopic (exact) mass is 370 g/mol. The Labute approximate surface area is 163 Å². The summed E-state index contributed by atoms with van der Waals surface area (Å²) >= 11 is 0. The summed E-state index contributed by atoms with van der Waals surface area (Å²) in [4.78, 5) is 0. The van der Waals surface area contributed by atoms with Crippen molar-refractivity contribution in [2.24, 2.45) is 0 Å². The molecule has 0 saturated heterocycles. The average Bonchev–Trinajstić information content (AvgIpc) is 2.53. The first-order valence-electron chi connectivity index (χ1n) is 9.59. The molecule has 0 aliphatic rings. The van der Waals surface area contributed by atoms with Gasteiger partial charge in [0.15, 0.2) is 0 Å². The fourth-order valence-electron chi connectivity index (χ4n) is 3.64. The second kappa shape index (κ2) is 7.20. The topological polar surface area (TPSA) is 60.7 Å². The molecule has 0 unspecified atom stereocenters. The van der Waals surface area contributed by atoms with Crippen molar-refractivity contribution in [3.63, 3.8) is 0 Å². The van der Waals surface area contributed by atoms with E-state index in [1.54, 1.807) is 12.1 Å². The van der Waals surface area contributed by atoms with Crippen LogP contribution in [0.1, 0.15) is 77.1 Å². The summed E-state index contributed by atoms with van der Waals surface area (Å²) in [6.07, 6.45) is 0.551. The van der Waals surface area contributed by atoms with E-state index in [-0.39, 0.29) is 17.4 Å². The maximum Gasteiger partial charge on any atom is 0.119 e. The summed E-state index contributed by atoms with van der Waals surface area (Å²) < 4.78 is 0. The molecule has 3 N–H and O–H groups in total. The molecule has 2 aromatic carbocycles. The van der Waals surface area contributed by atoms with Crippen LogP contribution in [0.4, 0.5) is 0 Å². The maximum atomic E-state index is 10.3. The van der Waals surface area contributed by atoms with Gasteiger partial charge < -0.3 is 15.3 Å². The van der Waals surface area contributed by atoms with E-state index in [1.807, 2.05) is 12.1 Å². The molecule has 2 rings (SSSR count). The van der Waals surface area contributed by atoms with Crippen LogP contribution in [0.2, 0.25) is 0 Å². The van der Waals surface area contributed by atoms with Crippen LogP contribution in [-0.4, -0.2) is 21.9 Å². The van der Waals surface area contributed by atoms with E-state index in [4.69, 9.17) is 0 Å². The number of aliphatic hydroxyl groups excluding tert-OH is 1. The van der Waals surface area contributed by atoms with E-state index in [1.165, 1.54) is 0 Å². The highest BCUT2D eigenvalue weighted by molar-refractivity contribution is 5.50. The molecule has 0 saturated carbocycles. The normalized spacial score (nSPS) is 13.0. The number of rotatable bonds is 4. The van der Waals surface area contributed by atoms with Crippen LogP contribution in [0.15, 0.2) is 36.4 Å². The molecule has 3 heteroatoms. The van der Waals surface area contributed by atoms with Gasteiger partial charge in [-0.3, -0.25) is 0 Å². The van der Waals surface area contributed by atoms with Gasteiger partial charge in [-0.2, -0.15) is 0 Å². The van der Waals surface area contributed by atoms with Crippen molar-refractivity contribution in [3.05, 3.63) is 58.7 Å². The van der Waals surface area contributed by atoms with Crippen LogP contribution in [0, 0.1) is 0 Å². The lowest BCUT2D eigenvalue weighted by Gasteiger charge is -2.34. The third kappa shape index (κ3) is 4.30. The minimum atomic E-state index is -0.434. The molecule has 0 radical (unpaired) electrons. The van der Waals surface area contributed by atoms with E-state index in [9.17, 15) is 15.3 Å². The smallest absolute Gasteiger partial charge is 0.119 e. The van der Waals surface area contributed by atoms with Crippen molar-refractivity contribution in [2.45, 2.75) is 71.1 Å². The molecule has 148 valence electrons. The molecule has 0 bridgehead atoms. The first-order valence-corrected chi connectivity index (χ1v) is 9.59. The molecule has 27 heavy (non-hydrogen) atoms. The van der Waals surface area contributed by atoms with Crippen LogP contribution in [-0.2, 0) is 16.2 Å². The van der Waals surface area contributed by atoms with Gasteiger partial charge in [0.2, 0.25) is 0 Å². The quantitative estimate of drug-likeness (QED) is 0.677. The summed E-state index contributed by atoms with van der Waals surface area (Å²) in [6, 6.07) is 11.5. The van der Waals surface area contributed by atoms with Crippen molar-refractivity contribution in [1.29, 1.82) is 0 Å². The van der Waals surface area contributed by atoms with Gasteiger partial charge in [0.05, 0.1) is 0 Å². The van der Waals surface area contributed by atoms with Crippen molar-refractivity contribution in [2.75, 3.05) is 6.61 Å². The zero-order valence-electron chi connectivity index (χ0n) is 17.7. The molecule has 0 aromatic heterocycles. The first-order chi connectivity index (χ1) is 12.3. The Kier molecular flexibility index (Phi) is 5.68. The second-order valence-electron chi connectivity index (χ2n) is 9.77. The number of benzene rings is 2. The molecule has 0 atom stereocenters. The van der Waals surface area contributed by atoms with Crippen LogP contribution >= 0.6 is 0 Å². The lowest BCUT2D eigenvalue weighted by Crippen LogP contribution is -2.27.